The van der Waals surface area contributed by atoms with Crippen LogP contribution in [0, 0.1) is 5.92 Å². The zero-order valence-electron chi connectivity index (χ0n) is 13.1. The van der Waals surface area contributed by atoms with E-state index in [1.807, 2.05) is 59.0 Å². The summed E-state index contributed by atoms with van der Waals surface area (Å²) >= 11 is 0. The summed E-state index contributed by atoms with van der Waals surface area (Å²) in [6.07, 6.45) is 0.144. The van der Waals surface area contributed by atoms with Crippen molar-refractivity contribution >= 4 is 5.91 Å². The van der Waals surface area contributed by atoms with Crippen LogP contribution in [0.5, 0.6) is 5.75 Å². The van der Waals surface area contributed by atoms with Crippen LogP contribution in [0.25, 0.3) is 0 Å². The van der Waals surface area contributed by atoms with Gasteiger partial charge in [-0.1, -0.05) is 19.1 Å². The van der Waals surface area contributed by atoms with Crippen molar-refractivity contribution in [3.05, 3.63) is 29.8 Å². The molecule has 4 nitrogen and oxygen atoms in total. The Bertz CT molecular complexity index is 432. The highest BCUT2D eigenvalue weighted by molar-refractivity contribution is 5.78. The van der Waals surface area contributed by atoms with Crippen molar-refractivity contribution in [2.75, 3.05) is 13.6 Å². The molecule has 1 rings (SSSR count). The van der Waals surface area contributed by atoms with Gasteiger partial charge < -0.3 is 15.4 Å². The van der Waals surface area contributed by atoms with Crippen LogP contribution in [-0.2, 0) is 4.79 Å². The van der Waals surface area contributed by atoms with E-state index >= 15 is 0 Å². The van der Waals surface area contributed by atoms with Gasteiger partial charge >= 0.3 is 0 Å². The normalized spacial score (nSPS) is 13.9. The molecule has 0 aromatic heterocycles. The first kappa shape index (κ1) is 16.5. The zero-order chi connectivity index (χ0) is 15.1. The van der Waals surface area contributed by atoms with Crippen LogP contribution < -0.4 is 15.4 Å². The first-order chi connectivity index (χ1) is 9.43. The molecule has 0 spiro atoms. The molecule has 1 aromatic carbocycles. The Hall–Kier alpha value is -1.55. The van der Waals surface area contributed by atoms with Crippen molar-refractivity contribution in [3.63, 3.8) is 0 Å². The average Bonchev–Trinajstić information content (AvgIpc) is 2.38. The lowest BCUT2D eigenvalue weighted by atomic mass is 10.1. The molecule has 2 atom stereocenters. The highest BCUT2D eigenvalue weighted by Gasteiger charge is 2.15. The molecule has 0 aliphatic rings. The summed E-state index contributed by atoms with van der Waals surface area (Å²) in [5.74, 6) is 0.849. The summed E-state index contributed by atoms with van der Waals surface area (Å²) in [4.78, 5) is 12.0. The lowest BCUT2D eigenvalue weighted by Gasteiger charge is -2.19. The molecule has 0 bridgehead atoms. The molecule has 0 heterocycles. The van der Waals surface area contributed by atoms with Gasteiger partial charge in [-0.15, -0.1) is 0 Å². The van der Waals surface area contributed by atoms with Gasteiger partial charge in [0.2, 0.25) is 5.91 Å². The first-order valence-corrected chi connectivity index (χ1v) is 7.15. The van der Waals surface area contributed by atoms with Crippen LogP contribution in [0.3, 0.4) is 0 Å². The second kappa shape index (κ2) is 7.90. The van der Waals surface area contributed by atoms with Gasteiger partial charge in [-0.2, -0.15) is 0 Å². The van der Waals surface area contributed by atoms with Crippen molar-refractivity contribution in [3.8, 4) is 5.75 Å². The van der Waals surface area contributed by atoms with Crippen LogP contribution in [0.4, 0.5) is 0 Å². The number of benzene rings is 1. The fourth-order valence-electron chi connectivity index (χ4n) is 1.97. The first-order valence-electron chi connectivity index (χ1n) is 7.15. The topological polar surface area (TPSA) is 50.4 Å². The van der Waals surface area contributed by atoms with E-state index in [2.05, 4.69) is 10.6 Å². The maximum atomic E-state index is 12.0. The lowest BCUT2D eigenvalue weighted by Crippen LogP contribution is -2.35. The van der Waals surface area contributed by atoms with Gasteiger partial charge in [-0.05, 0) is 45.5 Å². The third-order valence-corrected chi connectivity index (χ3v) is 3.05. The molecule has 0 fully saturated rings. The minimum atomic E-state index is -0.0439. The summed E-state index contributed by atoms with van der Waals surface area (Å²) in [6.45, 7) is 8.57. The van der Waals surface area contributed by atoms with E-state index in [4.69, 9.17) is 4.74 Å². The minimum Gasteiger partial charge on any atom is -0.491 e. The maximum absolute atomic E-state index is 12.0. The van der Waals surface area contributed by atoms with Crippen molar-refractivity contribution < 1.29 is 9.53 Å². The number of carbonyl (C=O) groups is 1. The van der Waals surface area contributed by atoms with Crippen LogP contribution in [-0.4, -0.2) is 25.6 Å². The molecule has 1 aromatic rings. The summed E-state index contributed by atoms with van der Waals surface area (Å²) < 4.78 is 5.67. The van der Waals surface area contributed by atoms with E-state index in [-0.39, 0.29) is 24.0 Å². The number of hydrogen-bond acceptors (Lipinski definition) is 3. The minimum absolute atomic E-state index is 0.0301. The molecule has 2 unspecified atom stereocenters. The monoisotopic (exact) mass is 278 g/mol. The molecule has 1 amide bonds. The van der Waals surface area contributed by atoms with Crippen LogP contribution in [0.15, 0.2) is 24.3 Å². The molecule has 0 saturated heterocycles. The largest absolute Gasteiger partial charge is 0.491 e. The van der Waals surface area contributed by atoms with Gasteiger partial charge in [-0.3, -0.25) is 4.79 Å². The molecule has 112 valence electrons. The van der Waals surface area contributed by atoms with Crippen molar-refractivity contribution in [2.45, 2.75) is 39.8 Å². The van der Waals surface area contributed by atoms with E-state index in [1.165, 1.54) is 0 Å². The van der Waals surface area contributed by atoms with E-state index < -0.39 is 0 Å². The molecule has 4 heteroatoms. The van der Waals surface area contributed by atoms with Crippen LogP contribution in [0.1, 0.15) is 39.3 Å². The van der Waals surface area contributed by atoms with Gasteiger partial charge in [-0.25, -0.2) is 0 Å². The Balaban J connectivity index is 2.67. The maximum Gasteiger partial charge on any atom is 0.224 e. The van der Waals surface area contributed by atoms with Gasteiger partial charge in [0.1, 0.15) is 5.75 Å². The molecule has 0 aliphatic carbocycles. The lowest BCUT2D eigenvalue weighted by molar-refractivity contribution is -0.125. The zero-order valence-corrected chi connectivity index (χ0v) is 13.1. The SMILES string of the molecule is CNCC(C)C(=O)NC(C)c1cccc(OC(C)C)c1. The van der Waals surface area contributed by atoms with E-state index in [1.54, 1.807) is 0 Å². The fourth-order valence-corrected chi connectivity index (χ4v) is 1.97. The molecule has 20 heavy (non-hydrogen) atoms. The van der Waals surface area contributed by atoms with Crippen molar-refractivity contribution in [1.29, 1.82) is 0 Å². The quantitative estimate of drug-likeness (QED) is 0.805. The number of ether oxygens (including phenoxy) is 1. The third kappa shape index (κ3) is 5.21. The number of amides is 1. The highest BCUT2D eigenvalue weighted by Crippen LogP contribution is 2.20. The number of hydrogen-bond donors (Lipinski definition) is 2. The summed E-state index contributed by atoms with van der Waals surface area (Å²) in [5, 5.41) is 6.04. The van der Waals surface area contributed by atoms with Gasteiger partial charge in [0.05, 0.1) is 12.1 Å². The second-order valence-corrected chi connectivity index (χ2v) is 5.43. The van der Waals surface area contributed by atoms with Gasteiger partial charge in [0.25, 0.3) is 0 Å². The Kier molecular flexibility index (Phi) is 6.52. The molecule has 0 saturated carbocycles. The summed E-state index contributed by atoms with van der Waals surface area (Å²) in [7, 11) is 1.85. The Morgan fingerprint density at radius 2 is 1.95 bits per heavy atom. The fraction of sp³-hybridized carbons (Fsp3) is 0.562. The second-order valence-electron chi connectivity index (χ2n) is 5.43. The predicted molar refractivity (Wildman–Crippen MR) is 81.9 cm³/mol. The van der Waals surface area contributed by atoms with Gasteiger partial charge in [0, 0.05) is 12.5 Å². The molecular formula is C16H26N2O2. The van der Waals surface area contributed by atoms with Gasteiger partial charge in [0.15, 0.2) is 0 Å². The average molecular weight is 278 g/mol. The number of nitrogens with one attached hydrogen (secondary N) is 2. The molecule has 2 N–H and O–H groups in total. The Morgan fingerprint density at radius 1 is 1.25 bits per heavy atom. The van der Waals surface area contributed by atoms with Crippen LogP contribution >= 0.6 is 0 Å². The number of rotatable bonds is 7. The Labute approximate surface area is 121 Å². The Morgan fingerprint density at radius 3 is 2.55 bits per heavy atom. The van der Waals surface area contributed by atoms with E-state index in [9.17, 15) is 4.79 Å². The third-order valence-electron chi connectivity index (χ3n) is 3.05. The highest BCUT2D eigenvalue weighted by atomic mass is 16.5. The molecular weight excluding hydrogens is 252 g/mol. The molecule has 0 aliphatic heterocycles. The standard InChI is InChI=1S/C16H26N2O2/c1-11(2)20-15-8-6-7-14(9-15)13(4)18-16(19)12(3)10-17-5/h6-9,11-13,17H,10H2,1-5H3,(H,18,19). The van der Waals surface area contributed by atoms with Crippen molar-refractivity contribution in [1.82, 2.24) is 10.6 Å². The predicted octanol–water partition coefficient (Wildman–Crippen LogP) is 2.51. The summed E-state index contributed by atoms with van der Waals surface area (Å²) in [6, 6.07) is 7.83. The number of carbonyl (C=O) groups excluding carboxylic acids is 1. The summed E-state index contributed by atoms with van der Waals surface area (Å²) in [5.41, 5.74) is 1.05. The van der Waals surface area contributed by atoms with Crippen molar-refractivity contribution in [2.24, 2.45) is 5.92 Å². The molecule has 0 radical (unpaired) electrons. The smallest absolute Gasteiger partial charge is 0.224 e. The van der Waals surface area contributed by atoms with Crippen LogP contribution in [0.2, 0.25) is 0 Å². The van der Waals surface area contributed by atoms with E-state index in [0.29, 0.717) is 6.54 Å². The van der Waals surface area contributed by atoms with E-state index in [0.717, 1.165) is 11.3 Å².